The lowest BCUT2D eigenvalue weighted by atomic mass is 10.2. The van der Waals surface area contributed by atoms with Gasteiger partial charge in [0.25, 0.3) is 5.91 Å². The van der Waals surface area contributed by atoms with Gasteiger partial charge in [0.05, 0.1) is 5.52 Å². The lowest BCUT2D eigenvalue weighted by Gasteiger charge is -2.33. The molecule has 0 atom stereocenters. The molecule has 1 saturated heterocycles. The molecule has 4 heterocycles. The highest BCUT2D eigenvalue weighted by atomic mass is 16.4. The van der Waals surface area contributed by atoms with Gasteiger partial charge in [0, 0.05) is 44.7 Å². The number of hydrogen-bond donors (Lipinski definition) is 0. The molecule has 3 aromatic rings. The number of nitrogens with zero attached hydrogens (tertiary/aromatic N) is 6. The third-order valence-electron chi connectivity index (χ3n) is 5.32. The van der Waals surface area contributed by atoms with Crippen molar-refractivity contribution in [2.75, 3.05) is 31.1 Å². The summed E-state index contributed by atoms with van der Waals surface area (Å²) in [6, 6.07) is 6.47. The first-order valence-electron chi connectivity index (χ1n) is 9.58. The SMILES string of the molecule is CCc1nnc(N2CCN(C(=O)c3nc(C4CC4)n4ccccc34)CC2)o1. The summed E-state index contributed by atoms with van der Waals surface area (Å²) in [4.78, 5) is 21.8. The number of piperazine rings is 1. The first kappa shape index (κ1) is 16.3. The van der Waals surface area contributed by atoms with E-state index in [1.165, 1.54) is 0 Å². The van der Waals surface area contributed by atoms with Crippen molar-refractivity contribution in [3.8, 4) is 0 Å². The smallest absolute Gasteiger partial charge is 0.318 e. The number of aryl methyl sites for hydroxylation is 1. The number of pyridine rings is 1. The van der Waals surface area contributed by atoms with Gasteiger partial charge in [0.1, 0.15) is 5.82 Å². The Kier molecular flexibility index (Phi) is 3.84. The summed E-state index contributed by atoms with van der Waals surface area (Å²) in [5.41, 5.74) is 1.47. The first-order valence-corrected chi connectivity index (χ1v) is 9.58. The van der Waals surface area contributed by atoms with Crippen LogP contribution in [0.3, 0.4) is 0 Å². The molecule has 2 aliphatic rings. The second-order valence-electron chi connectivity index (χ2n) is 7.16. The van der Waals surface area contributed by atoms with E-state index in [0.29, 0.717) is 49.7 Å². The first-order chi connectivity index (χ1) is 13.2. The van der Waals surface area contributed by atoms with Crippen LogP contribution in [0.25, 0.3) is 5.52 Å². The molecule has 0 spiro atoms. The highest BCUT2D eigenvalue weighted by molar-refractivity contribution is 5.99. The maximum absolute atomic E-state index is 13.1. The van der Waals surface area contributed by atoms with Crippen LogP contribution in [-0.4, -0.2) is 56.6 Å². The van der Waals surface area contributed by atoms with E-state index in [9.17, 15) is 4.79 Å². The van der Waals surface area contributed by atoms with E-state index in [-0.39, 0.29) is 5.91 Å². The Morgan fingerprint density at radius 3 is 2.70 bits per heavy atom. The van der Waals surface area contributed by atoms with Gasteiger partial charge in [-0.1, -0.05) is 18.1 Å². The number of imidazole rings is 1. The number of hydrogen-bond acceptors (Lipinski definition) is 6. The molecule has 140 valence electrons. The highest BCUT2D eigenvalue weighted by Crippen LogP contribution is 2.40. The quantitative estimate of drug-likeness (QED) is 0.704. The Morgan fingerprint density at radius 1 is 1.19 bits per heavy atom. The van der Waals surface area contributed by atoms with E-state index in [4.69, 9.17) is 9.40 Å². The average molecular weight is 366 g/mol. The molecule has 0 radical (unpaired) electrons. The zero-order valence-corrected chi connectivity index (χ0v) is 15.3. The lowest BCUT2D eigenvalue weighted by molar-refractivity contribution is 0.0741. The summed E-state index contributed by atoms with van der Waals surface area (Å²) >= 11 is 0. The Morgan fingerprint density at radius 2 is 2.00 bits per heavy atom. The summed E-state index contributed by atoms with van der Waals surface area (Å²) in [5, 5.41) is 8.12. The molecule has 8 nitrogen and oxygen atoms in total. The fraction of sp³-hybridized carbons (Fsp3) is 0.474. The van der Waals surface area contributed by atoms with Crippen LogP contribution in [0.15, 0.2) is 28.8 Å². The maximum Gasteiger partial charge on any atom is 0.318 e. The molecule has 1 aliphatic carbocycles. The van der Waals surface area contributed by atoms with E-state index < -0.39 is 0 Å². The van der Waals surface area contributed by atoms with Crippen LogP contribution >= 0.6 is 0 Å². The zero-order valence-electron chi connectivity index (χ0n) is 15.3. The topological polar surface area (TPSA) is 79.8 Å². The van der Waals surface area contributed by atoms with Crippen molar-refractivity contribution in [3.05, 3.63) is 41.8 Å². The summed E-state index contributed by atoms with van der Waals surface area (Å²) in [7, 11) is 0. The summed E-state index contributed by atoms with van der Waals surface area (Å²) < 4.78 is 7.71. The summed E-state index contributed by atoms with van der Waals surface area (Å²) in [5.74, 6) is 2.15. The number of fused-ring (bicyclic) bond motifs is 1. The van der Waals surface area contributed by atoms with Gasteiger partial charge < -0.3 is 18.6 Å². The van der Waals surface area contributed by atoms with E-state index in [2.05, 4.69) is 14.6 Å². The molecule has 1 amide bonds. The maximum atomic E-state index is 13.1. The number of aromatic nitrogens is 4. The molecule has 0 aromatic carbocycles. The average Bonchev–Trinajstić information content (AvgIpc) is 3.32. The zero-order chi connectivity index (χ0) is 18.4. The van der Waals surface area contributed by atoms with Gasteiger partial charge in [-0.25, -0.2) is 4.98 Å². The fourth-order valence-corrected chi connectivity index (χ4v) is 3.61. The molecule has 0 unspecified atom stereocenters. The molecule has 8 heteroatoms. The van der Waals surface area contributed by atoms with Crippen molar-refractivity contribution in [2.45, 2.75) is 32.1 Å². The van der Waals surface area contributed by atoms with Crippen LogP contribution in [0.4, 0.5) is 6.01 Å². The molecule has 1 saturated carbocycles. The van der Waals surface area contributed by atoms with Crippen LogP contribution in [0.5, 0.6) is 0 Å². The van der Waals surface area contributed by atoms with Gasteiger partial charge in [-0.05, 0) is 25.0 Å². The summed E-state index contributed by atoms with van der Waals surface area (Å²) in [6.45, 7) is 4.58. The Bertz CT molecular complexity index is 981. The minimum atomic E-state index is 0.00465. The van der Waals surface area contributed by atoms with E-state index in [1.54, 1.807) is 0 Å². The van der Waals surface area contributed by atoms with Gasteiger partial charge in [-0.3, -0.25) is 4.79 Å². The van der Waals surface area contributed by atoms with Crippen molar-refractivity contribution in [3.63, 3.8) is 0 Å². The molecule has 3 aromatic heterocycles. The van der Waals surface area contributed by atoms with E-state index in [1.807, 2.05) is 41.1 Å². The fourth-order valence-electron chi connectivity index (χ4n) is 3.61. The number of carbonyl (C=O) groups is 1. The molecule has 27 heavy (non-hydrogen) atoms. The number of carbonyl (C=O) groups excluding carboxylic acids is 1. The van der Waals surface area contributed by atoms with Crippen LogP contribution < -0.4 is 4.90 Å². The normalized spacial score (nSPS) is 17.7. The third kappa shape index (κ3) is 2.85. The lowest BCUT2D eigenvalue weighted by Crippen LogP contribution is -2.49. The van der Waals surface area contributed by atoms with Gasteiger partial charge >= 0.3 is 6.01 Å². The third-order valence-corrected chi connectivity index (χ3v) is 5.32. The van der Waals surface area contributed by atoms with E-state index >= 15 is 0 Å². The largest absolute Gasteiger partial charge is 0.408 e. The molecular formula is C19H22N6O2. The van der Waals surface area contributed by atoms with Crippen molar-refractivity contribution in [1.29, 1.82) is 0 Å². The monoisotopic (exact) mass is 366 g/mol. The molecule has 0 bridgehead atoms. The van der Waals surface area contributed by atoms with Gasteiger partial charge in [0.15, 0.2) is 5.69 Å². The second kappa shape index (κ2) is 6.37. The highest BCUT2D eigenvalue weighted by Gasteiger charge is 2.32. The summed E-state index contributed by atoms with van der Waals surface area (Å²) in [6.07, 6.45) is 5.04. The van der Waals surface area contributed by atoms with Crippen LogP contribution in [-0.2, 0) is 6.42 Å². The van der Waals surface area contributed by atoms with Crippen molar-refractivity contribution >= 4 is 17.4 Å². The minimum absolute atomic E-state index is 0.00465. The number of amides is 1. The Labute approximate surface area is 156 Å². The Balaban J connectivity index is 1.34. The van der Waals surface area contributed by atoms with Crippen LogP contribution in [0.1, 0.15) is 47.9 Å². The second-order valence-corrected chi connectivity index (χ2v) is 7.16. The minimum Gasteiger partial charge on any atom is -0.408 e. The van der Waals surface area contributed by atoms with E-state index in [0.717, 1.165) is 30.6 Å². The molecule has 0 N–H and O–H groups in total. The van der Waals surface area contributed by atoms with Gasteiger partial charge in [-0.2, -0.15) is 0 Å². The Hall–Kier alpha value is -2.90. The predicted octanol–water partition coefficient (Wildman–Crippen LogP) is 2.12. The van der Waals surface area contributed by atoms with Crippen molar-refractivity contribution in [1.82, 2.24) is 24.5 Å². The van der Waals surface area contributed by atoms with Crippen molar-refractivity contribution in [2.24, 2.45) is 0 Å². The van der Waals surface area contributed by atoms with Crippen molar-refractivity contribution < 1.29 is 9.21 Å². The molecule has 5 rings (SSSR count). The standard InChI is InChI=1S/C19H22N6O2/c1-2-15-21-22-19(27-15)24-11-9-23(10-12-24)18(26)16-14-5-3-4-8-25(14)17(20-16)13-6-7-13/h3-5,8,13H,2,6-7,9-12H2,1H3. The molecule has 1 aliphatic heterocycles. The molecular weight excluding hydrogens is 344 g/mol. The number of rotatable bonds is 4. The van der Waals surface area contributed by atoms with Gasteiger partial charge in [-0.15, -0.1) is 5.10 Å². The van der Waals surface area contributed by atoms with Crippen LogP contribution in [0, 0.1) is 0 Å². The molecule has 2 fully saturated rings. The van der Waals surface area contributed by atoms with Gasteiger partial charge in [0.2, 0.25) is 5.89 Å². The number of anilines is 1. The predicted molar refractivity (Wildman–Crippen MR) is 99.0 cm³/mol. The van der Waals surface area contributed by atoms with Crippen LogP contribution in [0.2, 0.25) is 0 Å².